The number of carbonyl (C=O) groups is 1. The van der Waals surface area contributed by atoms with E-state index < -0.39 is 4.75 Å². The van der Waals surface area contributed by atoms with E-state index in [1.54, 1.807) is 24.9 Å². The first-order valence-corrected chi connectivity index (χ1v) is 7.60. The second-order valence-corrected chi connectivity index (χ2v) is 7.27. The van der Waals surface area contributed by atoms with E-state index in [0.29, 0.717) is 0 Å². The fourth-order valence-corrected chi connectivity index (χ4v) is 2.93. The van der Waals surface area contributed by atoms with E-state index in [2.05, 4.69) is 17.6 Å². The van der Waals surface area contributed by atoms with Crippen molar-refractivity contribution in [1.29, 1.82) is 0 Å². The molecule has 20 heavy (non-hydrogen) atoms. The van der Waals surface area contributed by atoms with Gasteiger partial charge in [-0.1, -0.05) is 12.1 Å². The molecule has 0 aliphatic heterocycles. The fraction of sp³-hybridized carbons (Fsp3) is 0.250. The Balaban J connectivity index is 2.41. The van der Waals surface area contributed by atoms with Gasteiger partial charge in [-0.2, -0.15) is 0 Å². The van der Waals surface area contributed by atoms with Crippen LogP contribution >= 0.6 is 24.4 Å². The van der Waals surface area contributed by atoms with Gasteiger partial charge in [0.1, 0.15) is 5.78 Å². The van der Waals surface area contributed by atoms with Crippen molar-refractivity contribution >= 4 is 30.2 Å². The molecule has 104 valence electrons. The summed E-state index contributed by atoms with van der Waals surface area (Å²) in [5.74, 6) is 0.163. The molecule has 0 spiro atoms. The molecule has 0 saturated carbocycles. The summed E-state index contributed by atoms with van der Waals surface area (Å²) >= 11 is 5.87. The zero-order valence-corrected chi connectivity index (χ0v) is 13.5. The molecule has 0 unspecified atom stereocenters. The number of hydrogen-bond acceptors (Lipinski definition) is 4. The van der Waals surface area contributed by atoms with Gasteiger partial charge in [0, 0.05) is 27.7 Å². The molecule has 0 atom stereocenters. The molecule has 0 amide bonds. The van der Waals surface area contributed by atoms with Crippen LogP contribution in [0.2, 0.25) is 0 Å². The Hall–Kier alpha value is -1.26. The van der Waals surface area contributed by atoms with Crippen LogP contribution in [0.15, 0.2) is 52.5 Å². The number of thiol groups is 1. The minimum Gasteiger partial charge on any atom is -0.298 e. The van der Waals surface area contributed by atoms with E-state index in [9.17, 15) is 4.79 Å². The Bertz CT molecular complexity index is 621. The maximum absolute atomic E-state index is 11.7. The van der Waals surface area contributed by atoms with Crippen LogP contribution in [0.4, 0.5) is 0 Å². The van der Waals surface area contributed by atoms with Gasteiger partial charge in [-0.25, -0.2) is 0 Å². The van der Waals surface area contributed by atoms with Crippen LogP contribution in [0.1, 0.15) is 20.8 Å². The second-order valence-electron chi connectivity index (χ2n) is 5.09. The summed E-state index contributed by atoms with van der Waals surface area (Å²) in [6, 6.07) is 9.90. The number of carbonyl (C=O) groups excluding carboxylic acids is 1. The summed E-state index contributed by atoms with van der Waals surface area (Å²) in [7, 11) is 0. The molecule has 1 aromatic carbocycles. The van der Waals surface area contributed by atoms with Gasteiger partial charge in [0.25, 0.3) is 0 Å². The number of pyridine rings is 1. The van der Waals surface area contributed by atoms with E-state index in [1.807, 2.05) is 50.4 Å². The summed E-state index contributed by atoms with van der Waals surface area (Å²) in [6.07, 6.45) is 3.60. The van der Waals surface area contributed by atoms with Crippen molar-refractivity contribution in [3.63, 3.8) is 0 Å². The standard InChI is InChI=1S/C16H17NOS2/c1-11(18)16(2,3)20-15-8-9-17-10-14(15)12-4-6-13(19)7-5-12/h4-10,19H,1-3H3. The van der Waals surface area contributed by atoms with Gasteiger partial charge < -0.3 is 0 Å². The molecule has 2 aromatic rings. The van der Waals surface area contributed by atoms with Crippen molar-refractivity contribution in [2.75, 3.05) is 0 Å². The number of aromatic nitrogens is 1. The molecule has 4 heteroatoms. The Labute approximate surface area is 129 Å². The minimum atomic E-state index is -0.445. The van der Waals surface area contributed by atoms with E-state index in [4.69, 9.17) is 0 Å². The van der Waals surface area contributed by atoms with Crippen LogP contribution in [0.3, 0.4) is 0 Å². The first-order valence-electron chi connectivity index (χ1n) is 6.33. The number of rotatable bonds is 4. The first-order chi connectivity index (χ1) is 9.40. The fourth-order valence-electron chi connectivity index (χ4n) is 1.68. The molecule has 0 bridgehead atoms. The highest BCUT2D eigenvalue weighted by Gasteiger charge is 2.26. The van der Waals surface area contributed by atoms with Crippen molar-refractivity contribution in [3.05, 3.63) is 42.7 Å². The third-order valence-electron chi connectivity index (χ3n) is 3.17. The van der Waals surface area contributed by atoms with Gasteiger partial charge in [-0.05, 0) is 44.5 Å². The number of benzene rings is 1. The average Bonchev–Trinajstić information content (AvgIpc) is 2.40. The minimum absolute atomic E-state index is 0.163. The van der Waals surface area contributed by atoms with E-state index in [0.717, 1.165) is 20.9 Å². The van der Waals surface area contributed by atoms with Crippen LogP contribution in [0, 0.1) is 0 Å². The van der Waals surface area contributed by atoms with Gasteiger partial charge in [0.2, 0.25) is 0 Å². The number of ketones is 1. The molecule has 0 aliphatic rings. The molecule has 2 nitrogen and oxygen atoms in total. The van der Waals surface area contributed by atoms with Gasteiger partial charge in [-0.15, -0.1) is 24.4 Å². The zero-order chi connectivity index (χ0) is 14.8. The largest absolute Gasteiger partial charge is 0.298 e. The topological polar surface area (TPSA) is 30.0 Å². The summed E-state index contributed by atoms with van der Waals surface area (Å²) in [5, 5.41) is 0. The third-order valence-corrected chi connectivity index (χ3v) is 4.84. The van der Waals surface area contributed by atoms with Crippen LogP contribution in [0.5, 0.6) is 0 Å². The van der Waals surface area contributed by atoms with Crippen molar-refractivity contribution in [2.24, 2.45) is 0 Å². The normalized spacial score (nSPS) is 11.4. The van der Waals surface area contributed by atoms with Crippen LogP contribution in [-0.4, -0.2) is 15.5 Å². The zero-order valence-electron chi connectivity index (χ0n) is 11.8. The molecule has 0 radical (unpaired) electrons. The van der Waals surface area contributed by atoms with E-state index in [1.165, 1.54) is 0 Å². The molecule has 1 heterocycles. The highest BCUT2D eigenvalue weighted by Crippen LogP contribution is 2.38. The monoisotopic (exact) mass is 303 g/mol. The predicted octanol–water partition coefficient (Wildman–Crippen LogP) is 4.50. The van der Waals surface area contributed by atoms with Crippen LogP contribution < -0.4 is 0 Å². The molecular formula is C16H17NOS2. The second kappa shape index (κ2) is 6.02. The molecule has 1 aromatic heterocycles. The van der Waals surface area contributed by atoms with Crippen LogP contribution in [-0.2, 0) is 4.79 Å². The Kier molecular flexibility index (Phi) is 4.55. The van der Waals surface area contributed by atoms with E-state index >= 15 is 0 Å². The predicted molar refractivity (Wildman–Crippen MR) is 87.5 cm³/mol. The lowest BCUT2D eigenvalue weighted by molar-refractivity contribution is -0.118. The third kappa shape index (κ3) is 3.44. The van der Waals surface area contributed by atoms with Crippen LogP contribution in [0.25, 0.3) is 11.1 Å². The van der Waals surface area contributed by atoms with Crippen molar-refractivity contribution in [1.82, 2.24) is 4.98 Å². The van der Waals surface area contributed by atoms with Crippen molar-refractivity contribution in [2.45, 2.75) is 35.3 Å². The Morgan fingerprint density at radius 3 is 2.45 bits per heavy atom. The van der Waals surface area contributed by atoms with Gasteiger partial charge >= 0.3 is 0 Å². The number of thioether (sulfide) groups is 1. The molecule has 0 fully saturated rings. The summed E-state index contributed by atoms with van der Waals surface area (Å²) in [6.45, 7) is 5.52. The number of nitrogens with zero attached hydrogens (tertiary/aromatic N) is 1. The summed E-state index contributed by atoms with van der Waals surface area (Å²) in [4.78, 5) is 17.9. The maximum atomic E-state index is 11.7. The van der Waals surface area contributed by atoms with Gasteiger partial charge in [0.15, 0.2) is 0 Å². The molecular weight excluding hydrogens is 286 g/mol. The molecule has 0 aliphatic carbocycles. The Morgan fingerprint density at radius 2 is 1.85 bits per heavy atom. The smallest absolute Gasteiger partial charge is 0.145 e. The highest BCUT2D eigenvalue weighted by atomic mass is 32.2. The lowest BCUT2D eigenvalue weighted by Gasteiger charge is -2.22. The summed E-state index contributed by atoms with van der Waals surface area (Å²) in [5.41, 5.74) is 2.12. The van der Waals surface area contributed by atoms with Crippen molar-refractivity contribution in [3.8, 4) is 11.1 Å². The lowest BCUT2D eigenvalue weighted by Crippen LogP contribution is -2.24. The quantitative estimate of drug-likeness (QED) is 0.666. The number of hydrogen-bond donors (Lipinski definition) is 1. The molecule has 0 saturated heterocycles. The first kappa shape index (κ1) is 15.1. The maximum Gasteiger partial charge on any atom is 0.145 e. The summed E-state index contributed by atoms with van der Waals surface area (Å²) < 4.78 is -0.445. The van der Waals surface area contributed by atoms with E-state index in [-0.39, 0.29) is 5.78 Å². The van der Waals surface area contributed by atoms with Crippen molar-refractivity contribution < 1.29 is 4.79 Å². The SMILES string of the molecule is CC(=O)C(C)(C)Sc1ccncc1-c1ccc(S)cc1. The Morgan fingerprint density at radius 1 is 1.20 bits per heavy atom. The molecule has 0 N–H and O–H groups in total. The molecule has 2 rings (SSSR count). The van der Waals surface area contributed by atoms with Gasteiger partial charge in [0.05, 0.1) is 4.75 Å². The highest BCUT2D eigenvalue weighted by molar-refractivity contribution is 8.01. The number of Topliss-reactive ketones (excluding diaryl/α,β-unsaturated/α-hetero) is 1. The average molecular weight is 303 g/mol. The van der Waals surface area contributed by atoms with Gasteiger partial charge in [-0.3, -0.25) is 9.78 Å². The lowest BCUT2D eigenvalue weighted by atomic mass is 10.1.